The lowest BCUT2D eigenvalue weighted by molar-refractivity contribution is 0.0427. The topological polar surface area (TPSA) is 86.0 Å². The second-order valence-electron chi connectivity index (χ2n) is 7.33. The van der Waals surface area contributed by atoms with Gasteiger partial charge in [0.25, 0.3) is 5.95 Å². The number of fused-ring (bicyclic) bond motifs is 1. The van der Waals surface area contributed by atoms with Crippen LogP contribution in [0.4, 0.5) is 15.5 Å². The Morgan fingerprint density at radius 1 is 1.08 bits per heavy atom. The fourth-order valence-electron chi connectivity index (χ4n) is 1.81. The van der Waals surface area contributed by atoms with E-state index in [1.165, 1.54) is 4.52 Å². The highest BCUT2D eigenvalue weighted by Crippen LogP contribution is 2.22. The first-order chi connectivity index (χ1) is 11.4. The van der Waals surface area contributed by atoms with Crippen LogP contribution in [0, 0.1) is 0 Å². The second kappa shape index (κ2) is 6.62. The van der Waals surface area contributed by atoms with Crippen molar-refractivity contribution in [2.24, 2.45) is 0 Å². The summed E-state index contributed by atoms with van der Waals surface area (Å²) < 4.78 is 12.7. The second-order valence-corrected chi connectivity index (χ2v) is 8.19. The van der Waals surface area contributed by atoms with Crippen LogP contribution in [0.1, 0.15) is 41.5 Å². The zero-order valence-electron chi connectivity index (χ0n) is 15.0. The van der Waals surface area contributed by atoms with Crippen molar-refractivity contribution in [2.75, 3.05) is 4.90 Å². The van der Waals surface area contributed by atoms with Gasteiger partial charge in [-0.15, -0.1) is 10.00 Å². The Labute approximate surface area is 154 Å². The molecule has 2 rings (SSSR count). The van der Waals surface area contributed by atoms with E-state index >= 15 is 0 Å². The van der Waals surface area contributed by atoms with Gasteiger partial charge in [-0.05, 0) is 69.6 Å². The van der Waals surface area contributed by atoms with E-state index in [0.29, 0.717) is 15.0 Å². The number of amides is 2. The minimum absolute atomic E-state index is 0.129. The lowest BCUT2D eigenvalue weighted by Gasteiger charge is -2.26. The molecule has 0 bridgehead atoms. The van der Waals surface area contributed by atoms with Crippen molar-refractivity contribution in [1.82, 2.24) is 14.6 Å². The number of rotatable bonds is 1. The van der Waals surface area contributed by atoms with Crippen molar-refractivity contribution < 1.29 is 19.1 Å². The predicted molar refractivity (Wildman–Crippen MR) is 95.6 cm³/mol. The van der Waals surface area contributed by atoms with Crippen LogP contribution in [0.3, 0.4) is 0 Å². The van der Waals surface area contributed by atoms with Crippen molar-refractivity contribution >= 4 is 39.7 Å². The first kappa shape index (κ1) is 19.2. The van der Waals surface area contributed by atoms with Crippen LogP contribution >= 0.6 is 15.9 Å². The van der Waals surface area contributed by atoms with E-state index < -0.39 is 23.4 Å². The zero-order chi connectivity index (χ0) is 19.0. The molecule has 2 amide bonds. The molecule has 2 heterocycles. The van der Waals surface area contributed by atoms with Gasteiger partial charge in [-0.2, -0.15) is 4.98 Å². The third-order valence-electron chi connectivity index (χ3n) is 2.66. The van der Waals surface area contributed by atoms with Crippen LogP contribution in [0.25, 0.3) is 5.65 Å². The quantitative estimate of drug-likeness (QED) is 0.698. The van der Waals surface area contributed by atoms with Gasteiger partial charge in [0.1, 0.15) is 11.2 Å². The molecule has 0 aliphatic carbocycles. The molecule has 0 aliphatic rings. The van der Waals surface area contributed by atoms with Crippen LogP contribution in [-0.4, -0.2) is 38.0 Å². The summed E-state index contributed by atoms with van der Waals surface area (Å²) in [6, 6.07) is 3.53. The van der Waals surface area contributed by atoms with E-state index in [1.807, 2.05) is 0 Å². The van der Waals surface area contributed by atoms with Gasteiger partial charge in [-0.25, -0.2) is 14.1 Å². The summed E-state index contributed by atoms with van der Waals surface area (Å²) in [5, 5.41) is 4.18. The molecule has 0 saturated heterocycles. The average Bonchev–Trinajstić information content (AvgIpc) is 2.79. The Bertz CT molecular complexity index is 777. The molecule has 0 saturated carbocycles. The lowest BCUT2D eigenvalue weighted by atomic mass is 10.2. The van der Waals surface area contributed by atoms with Crippen LogP contribution in [0.2, 0.25) is 0 Å². The van der Waals surface area contributed by atoms with E-state index in [9.17, 15) is 9.59 Å². The molecule has 136 valence electrons. The van der Waals surface area contributed by atoms with Crippen molar-refractivity contribution in [2.45, 2.75) is 52.7 Å². The van der Waals surface area contributed by atoms with Gasteiger partial charge in [-0.3, -0.25) is 0 Å². The monoisotopic (exact) mass is 412 g/mol. The van der Waals surface area contributed by atoms with Crippen molar-refractivity contribution in [3.05, 3.63) is 22.8 Å². The fourth-order valence-corrected chi connectivity index (χ4v) is 2.23. The van der Waals surface area contributed by atoms with Gasteiger partial charge in [0.2, 0.25) is 0 Å². The van der Waals surface area contributed by atoms with Crippen LogP contribution in [0.5, 0.6) is 0 Å². The maximum absolute atomic E-state index is 12.6. The van der Waals surface area contributed by atoms with E-state index in [1.54, 1.807) is 59.9 Å². The molecule has 0 aliphatic heterocycles. The molecular weight excluding hydrogens is 392 g/mol. The number of pyridine rings is 1. The number of hydrogen-bond acceptors (Lipinski definition) is 6. The molecule has 25 heavy (non-hydrogen) atoms. The van der Waals surface area contributed by atoms with Gasteiger partial charge in [0.15, 0.2) is 5.65 Å². The summed E-state index contributed by atoms with van der Waals surface area (Å²) in [6.07, 6.45) is -0.165. The van der Waals surface area contributed by atoms with Crippen LogP contribution < -0.4 is 4.90 Å². The lowest BCUT2D eigenvalue weighted by Crippen LogP contribution is -2.44. The number of anilines is 1. The SMILES string of the molecule is CC(C)(C)OC(=O)N(C(=O)OC(C)(C)C)c1nc2c(Br)cccn2n1. The van der Waals surface area contributed by atoms with Crippen molar-refractivity contribution in [3.63, 3.8) is 0 Å². The maximum Gasteiger partial charge on any atom is 0.427 e. The number of aromatic nitrogens is 3. The Morgan fingerprint density at radius 3 is 2.04 bits per heavy atom. The van der Waals surface area contributed by atoms with Gasteiger partial charge in [-0.1, -0.05) is 0 Å². The number of halogens is 1. The maximum atomic E-state index is 12.6. The molecule has 0 spiro atoms. The predicted octanol–water partition coefficient (Wildman–Crippen LogP) is 4.17. The number of carbonyl (C=O) groups excluding carboxylic acids is 2. The minimum atomic E-state index is -0.909. The smallest absolute Gasteiger partial charge is 0.427 e. The fraction of sp³-hybridized carbons (Fsp3) is 0.500. The van der Waals surface area contributed by atoms with Crippen LogP contribution in [0.15, 0.2) is 22.8 Å². The van der Waals surface area contributed by atoms with Crippen molar-refractivity contribution in [1.29, 1.82) is 0 Å². The Morgan fingerprint density at radius 2 is 1.60 bits per heavy atom. The molecule has 0 fully saturated rings. The molecule has 0 radical (unpaired) electrons. The molecule has 0 unspecified atom stereocenters. The molecular formula is C16H21BrN4O4. The molecule has 8 nitrogen and oxygen atoms in total. The first-order valence-electron chi connectivity index (χ1n) is 7.64. The summed E-state index contributed by atoms with van der Waals surface area (Å²) in [6.45, 7) is 10.2. The van der Waals surface area contributed by atoms with E-state index in [4.69, 9.17) is 9.47 Å². The van der Waals surface area contributed by atoms with E-state index in [-0.39, 0.29) is 5.95 Å². The van der Waals surface area contributed by atoms with Crippen molar-refractivity contribution in [3.8, 4) is 0 Å². The summed E-state index contributed by atoms with van der Waals surface area (Å²) in [5.74, 6) is -0.129. The van der Waals surface area contributed by atoms with Gasteiger partial charge < -0.3 is 9.47 Å². The Kier molecular flexibility index (Phi) is 5.08. The third kappa shape index (κ3) is 4.91. The zero-order valence-corrected chi connectivity index (χ0v) is 16.6. The standard InChI is InChI=1S/C16H21BrN4O4/c1-15(2,3)24-13(22)21(14(23)25-16(4,5)6)12-18-11-10(17)8-7-9-20(11)19-12/h7-9H,1-6H3. The summed E-state index contributed by atoms with van der Waals surface area (Å²) in [5.41, 5.74) is -1.14. The highest BCUT2D eigenvalue weighted by Gasteiger charge is 2.35. The molecule has 0 N–H and O–H groups in total. The number of ether oxygens (including phenoxy) is 2. The highest BCUT2D eigenvalue weighted by atomic mass is 79.9. The van der Waals surface area contributed by atoms with E-state index in [0.717, 1.165) is 0 Å². The summed E-state index contributed by atoms with van der Waals surface area (Å²) in [7, 11) is 0. The Balaban J connectivity index is 2.47. The molecule has 2 aromatic rings. The molecule has 0 aromatic carbocycles. The summed E-state index contributed by atoms with van der Waals surface area (Å²) in [4.78, 5) is 30.0. The van der Waals surface area contributed by atoms with Crippen LogP contribution in [-0.2, 0) is 9.47 Å². The molecule has 2 aromatic heterocycles. The third-order valence-corrected chi connectivity index (χ3v) is 3.27. The largest absolute Gasteiger partial charge is 0.443 e. The molecule has 0 atom stereocenters. The number of imide groups is 1. The minimum Gasteiger partial charge on any atom is -0.443 e. The van der Waals surface area contributed by atoms with E-state index in [2.05, 4.69) is 26.0 Å². The van der Waals surface area contributed by atoms with Gasteiger partial charge in [0.05, 0.1) is 4.47 Å². The van der Waals surface area contributed by atoms with Gasteiger partial charge in [0, 0.05) is 6.20 Å². The highest BCUT2D eigenvalue weighted by molar-refractivity contribution is 9.10. The Hall–Kier alpha value is -2.16. The number of carbonyl (C=O) groups is 2. The normalized spacial score (nSPS) is 12.1. The van der Waals surface area contributed by atoms with Gasteiger partial charge >= 0.3 is 12.2 Å². The first-order valence-corrected chi connectivity index (χ1v) is 8.44. The number of nitrogens with zero attached hydrogens (tertiary/aromatic N) is 4. The average molecular weight is 413 g/mol. The summed E-state index contributed by atoms with van der Waals surface area (Å²) >= 11 is 3.36. The number of hydrogen-bond donors (Lipinski definition) is 0. The molecule has 9 heteroatoms.